The molecule has 0 heterocycles. The predicted octanol–water partition coefficient (Wildman–Crippen LogP) is 6.05. The summed E-state index contributed by atoms with van der Waals surface area (Å²) in [5, 5.41) is 0. The fourth-order valence-corrected chi connectivity index (χ4v) is 3.50. The molecule has 0 saturated heterocycles. The smallest absolute Gasteiger partial charge is 0.429 e. The summed E-state index contributed by atoms with van der Waals surface area (Å²) in [6.07, 6.45) is 0.334. The van der Waals surface area contributed by atoms with Crippen molar-refractivity contribution in [1.29, 1.82) is 0 Å². The van der Waals surface area contributed by atoms with E-state index in [1.54, 1.807) is 23.9 Å². The van der Waals surface area contributed by atoms with E-state index in [2.05, 4.69) is 31.2 Å². The first-order chi connectivity index (χ1) is 13.2. The molecule has 4 heteroatoms. The van der Waals surface area contributed by atoms with Crippen LogP contribution in [0.1, 0.15) is 16.7 Å². The third-order valence-electron chi connectivity index (χ3n) is 4.13. The van der Waals surface area contributed by atoms with Gasteiger partial charge in [0.1, 0.15) is 12.4 Å². The molecule has 0 spiro atoms. The van der Waals surface area contributed by atoms with Gasteiger partial charge in [0.15, 0.2) is 0 Å². The molecule has 0 N–H and O–H groups in total. The second-order valence-corrected chi connectivity index (χ2v) is 7.29. The summed E-state index contributed by atoms with van der Waals surface area (Å²) in [5.74, 6) is 1.49. The van der Waals surface area contributed by atoms with E-state index < -0.39 is 6.16 Å². The zero-order valence-corrected chi connectivity index (χ0v) is 16.1. The maximum atomic E-state index is 11.8. The Bertz CT molecular complexity index is 860. The summed E-state index contributed by atoms with van der Waals surface area (Å²) in [6.45, 7) is 2.34. The molecule has 0 unspecified atom stereocenters. The SMILES string of the molecule is Cc1ccccc1CCSc1ccc(OC(=O)OCc2ccccc2)cc1. The van der Waals surface area contributed by atoms with Crippen LogP contribution in [0.2, 0.25) is 0 Å². The second-order valence-electron chi connectivity index (χ2n) is 6.12. The van der Waals surface area contributed by atoms with Crippen molar-refractivity contribution in [3.05, 3.63) is 95.6 Å². The number of aryl methyl sites for hydroxylation is 2. The lowest BCUT2D eigenvalue weighted by Gasteiger charge is -2.07. The van der Waals surface area contributed by atoms with Crippen LogP contribution >= 0.6 is 11.8 Å². The molecule has 0 aromatic heterocycles. The minimum atomic E-state index is -0.696. The van der Waals surface area contributed by atoms with Crippen LogP contribution in [0, 0.1) is 6.92 Å². The van der Waals surface area contributed by atoms with Gasteiger partial charge in [-0.1, -0.05) is 54.6 Å². The van der Waals surface area contributed by atoms with Crippen molar-refractivity contribution < 1.29 is 14.3 Å². The molecule has 0 bridgehead atoms. The van der Waals surface area contributed by atoms with E-state index in [0.29, 0.717) is 5.75 Å². The normalized spacial score (nSPS) is 10.4. The molecule has 138 valence electrons. The van der Waals surface area contributed by atoms with Gasteiger partial charge in [-0.05, 0) is 54.3 Å². The topological polar surface area (TPSA) is 35.5 Å². The van der Waals surface area contributed by atoms with Crippen molar-refractivity contribution in [2.45, 2.75) is 24.8 Å². The third kappa shape index (κ3) is 6.19. The Labute approximate surface area is 164 Å². The number of rotatable bonds is 7. The summed E-state index contributed by atoms with van der Waals surface area (Å²) in [7, 11) is 0. The Morgan fingerprint density at radius 3 is 2.33 bits per heavy atom. The Morgan fingerprint density at radius 2 is 1.59 bits per heavy atom. The van der Waals surface area contributed by atoms with E-state index in [9.17, 15) is 4.79 Å². The maximum Gasteiger partial charge on any atom is 0.514 e. The van der Waals surface area contributed by atoms with Crippen LogP contribution in [0.5, 0.6) is 5.75 Å². The first-order valence-corrected chi connectivity index (χ1v) is 9.85. The molecule has 27 heavy (non-hydrogen) atoms. The van der Waals surface area contributed by atoms with Crippen LogP contribution in [0.25, 0.3) is 0 Å². The summed E-state index contributed by atoms with van der Waals surface area (Å²) in [6, 6.07) is 25.5. The quantitative estimate of drug-likeness (QED) is 0.285. The molecule has 3 nitrogen and oxygen atoms in total. The monoisotopic (exact) mass is 378 g/mol. The summed E-state index contributed by atoms with van der Waals surface area (Å²) in [4.78, 5) is 12.9. The molecule has 0 radical (unpaired) electrons. The Balaban J connectivity index is 1.43. The summed E-state index contributed by atoms with van der Waals surface area (Å²) < 4.78 is 10.3. The Kier molecular flexibility index (Phi) is 6.94. The minimum absolute atomic E-state index is 0.201. The lowest BCUT2D eigenvalue weighted by molar-refractivity contribution is 0.0927. The van der Waals surface area contributed by atoms with E-state index in [1.807, 2.05) is 42.5 Å². The van der Waals surface area contributed by atoms with Gasteiger partial charge < -0.3 is 9.47 Å². The van der Waals surface area contributed by atoms with E-state index in [-0.39, 0.29) is 6.61 Å². The van der Waals surface area contributed by atoms with E-state index in [0.717, 1.165) is 22.6 Å². The van der Waals surface area contributed by atoms with Crippen LogP contribution in [-0.4, -0.2) is 11.9 Å². The van der Waals surface area contributed by atoms with E-state index in [1.165, 1.54) is 11.1 Å². The number of carbonyl (C=O) groups is 1. The molecular formula is C23H22O3S. The maximum absolute atomic E-state index is 11.8. The van der Waals surface area contributed by atoms with Gasteiger partial charge in [-0.15, -0.1) is 11.8 Å². The lowest BCUT2D eigenvalue weighted by Crippen LogP contribution is -2.10. The van der Waals surface area contributed by atoms with E-state index >= 15 is 0 Å². The number of hydrogen-bond donors (Lipinski definition) is 0. The van der Waals surface area contributed by atoms with Gasteiger partial charge in [0.05, 0.1) is 0 Å². The van der Waals surface area contributed by atoms with Gasteiger partial charge in [-0.25, -0.2) is 4.79 Å². The highest BCUT2D eigenvalue weighted by Crippen LogP contribution is 2.23. The van der Waals surface area contributed by atoms with Gasteiger partial charge in [0, 0.05) is 10.6 Å². The van der Waals surface area contributed by atoms with Gasteiger partial charge in [-0.3, -0.25) is 0 Å². The molecule has 0 aliphatic rings. The standard InChI is InChI=1S/C23H22O3S/c1-18-7-5-6-10-20(18)15-16-27-22-13-11-21(12-14-22)26-23(24)25-17-19-8-3-2-4-9-19/h2-14H,15-17H2,1H3. The Hall–Kier alpha value is -2.72. The highest BCUT2D eigenvalue weighted by molar-refractivity contribution is 7.99. The first kappa shape index (κ1) is 19.1. The van der Waals surface area contributed by atoms with Gasteiger partial charge in [0.25, 0.3) is 0 Å². The Morgan fingerprint density at radius 1 is 0.889 bits per heavy atom. The van der Waals surface area contributed by atoms with Crippen molar-refractivity contribution in [2.75, 3.05) is 5.75 Å². The van der Waals surface area contributed by atoms with Crippen molar-refractivity contribution in [3.8, 4) is 5.75 Å². The van der Waals surface area contributed by atoms with Crippen LogP contribution in [0.15, 0.2) is 83.8 Å². The lowest BCUT2D eigenvalue weighted by atomic mass is 10.1. The van der Waals surface area contributed by atoms with Crippen molar-refractivity contribution in [2.24, 2.45) is 0 Å². The predicted molar refractivity (Wildman–Crippen MR) is 109 cm³/mol. The number of hydrogen-bond acceptors (Lipinski definition) is 4. The van der Waals surface area contributed by atoms with Gasteiger partial charge in [0.2, 0.25) is 0 Å². The highest BCUT2D eigenvalue weighted by atomic mass is 32.2. The molecule has 0 saturated carbocycles. The van der Waals surface area contributed by atoms with Crippen LogP contribution in [-0.2, 0) is 17.8 Å². The van der Waals surface area contributed by atoms with Gasteiger partial charge in [-0.2, -0.15) is 0 Å². The zero-order valence-electron chi connectivity index (χ0n) is 15.3. The average Bonchev–Trinajstić information content (AvgIpc) is 2.70. The molecule has 0 aliphatic heterocycles. The largest absolute Gasteiger partial charge is 0.514 e. The van der Waals surface area contributed by atoms with E-state index in [4.69, 9.17) is 9.47 Å². The number of carbonyl (C=O) groups excluding carboxylic acids is 1. The second kappa shape index (κ2) is 9.83. The zero-order chi connectivity index (χ0) is 18.9. The summed E-state index contributed by atoms with van der Waals surface area (Å²) >= 11 is 1.79. The number of thioether (sulfide) groups is 1. The van der Waals surface area contributed by atoms with Crippen molar-refractivity contribution >= 4 is 17.9 Å². The average molecular weight is 378 g/mol. The fourth-order valence-electron chi connectivity index (χ4n) is 2.62. The first-order valence-electron chi connectivity index (χ1n) is 8.86. The number of benzene rings is 3. The molecule has 0 atom stereocenters. The molecule has 3 aromatic rings. The van der Waals surface area contributed by atoms with Crippen LogP contribution in [0.3, 0.4) is 0 Å². The number of ether oxygens (including phenoxy) is 2. The highest BCUT2D eigenvalue weighted by Gasteiger charge is 2.07. The third-order valence-corrected chi connectivity index (χ3v) is 5.14. The molecule has 0 aliphatic carbocycles. The fraction of sp³-hybridized carbons (Fsp3) is 0.174. The minimum Gasteiger partial charge on any atom is -0.429 e. The molecule has 0 fully saturated rings. The molecule has 3 rings (SSSR count). The van der Waals surface area contributed by atoms with Gasteiger partial charge >= 0.3 is 6.16 Å². The van der Waals surface area contributed by atoms with Crippen LogP contribution in [0.4, 0.5) is 4.79 Å². The molecular weight excluding hydrogens is 356 g/mol. The molecule has 3 aromatic carbocycles. The summed E-state index contributed by atoms with van der Waals surface area (Å²) in [5.41, 5.74) is 3.64. The molecule has 0 amide bonds. The van der Waals surface area contributed by atoms with Crippen LogP contribution < -0.4 is 4.74 Å². The van der Waals surface area contributed by atoms with Crippen molar-refractivity contribution in [1.82, 2.24) is 0 Å². The van der Waals surface area contributed by atoms with Crippen molar-refractivity contribution in [3.63, 3.8) is 0 Å².